The van der Waals surface area contributed by atoms with Crippen LogP contribution in [0.2, 0.25) is 0 Å². The zero-order valence-electron chi connectivity index (χ0n) is 17.0. The monoisotopic (exact) mass is 445 g/mol. The second kappa shape index (κ2) is 7.79. The largest absolute Gasteiger partial charge is 0.456 e. The van der Waals surface area contributed by atoms with Crippen molar-refractivity contribution in [2.45, 2.75) is 23.9 Å². The molecule has 1 N–H and O–H groups in total. The maximum Gasteiger partial charge on any atom is 0.241 e. The summed E-state index contributed by atoms with van der Waals surface area (Å²) in [5, 5.41) is 10.6. The van der Waals surface area contributed by atoms with E-state index in [4.69, 9.17) is 9.68 Å². The molecule has 1 aliphatic heterocycles. The summed E-state index contributed by atoms with van der Waals surface area (Å²) in [6.07, 6.45) is 0.382. The summed E-state index contributed by atoms with van der Waals surface area (Å²) in [5.74, 6) is -0.272. The lowest BCUT2D eigenvalue weighted by molar-refractivity contribution is -0.129. The molecule has 1 fully saturated rings. The number of likely N-dealkylation sites (tertiary alicyclic amines) is 1. The van der Waals surface area contributed by atoms with Crippen LogP contribution in [0.1, 0.15) is 17.5 Å². The first-order valence-electron chi connectivity index (χ1n) is 10.2. The van der Waals surface area contributed by atoms with Crippen molar-refractivity contribution in [3.8, 4) is 6.07 Å². The number of carbonyl (C=O) groups is 1. The third-order valence-corrected chi connectivity index (χ3v) is 7.15. The predicted molar refractivity (Wildman–Crippen MR) is 119 cm³/mol. The van der Waals surface area contributed by atoms with Crippen molar-refractivity contribution in [3.63, 3.8) is 0 Å². The van der Waals surface area contributed by atoms with Gasteiger partial charge in [-0.3, -0.25) is 4.79 Å². The first kappa shape index (κ1) is 20.2. The van der Waals surface area contributed by atoms with Gasteiger partial charge in [0.1, 0.15) is 17.2 Å². The number of hydrogen-bond donors (Lipinski definition) is 1. The molecule has 1 unspecified atom stereocenters. The van der Waals surface area contributed by atoms with Gasteiger partial charge in [0.2, 0.25) is 15.9 Å². The van der Waals surface area contributed by atoms with Gasteiger partial charge in [0.15, 0.2) is 0 Å². The van der Waals surface area contributed by atoms with Crippen molar-refractivity contribution < 1.29 is 17.6 Å². The molecule has 1 saturated heterocycles. The topological polar surface area (TPSA) is 103 Å². The Bertz CT molecular complexity index is 1500. The quantitative estimate of drug-likeness (QED) is 0.506. The minimum Gasteiger partial charge on any atom is -0.456 e. The lowest BCUT2D eigenvalue weighted by atomic mass is 10.1. The van der Waals surface area contributed by atoms with Crippen LogP contribution in [0.15, 0.2) is 76.0 Å². The number of fused-ring (bicyclic) bond motifs is 3. The Balaban J connectivity index is 1.36. The van der Waals surface area contributed by atoms with E-state index < -0.39 is 16.1 Å². The lowest BCUT2D eigenvalue weighted by Crippen LogP contribution is -2.41. The van der Waals surface area contributed by atoms with E-state index in [0.717, 1.165) is 10.9 Å². The molecule has 0 radical (unpaired) electrons. The Hall–Kier alpha value is -3.67. The zero-order chi connectivity index (χ0) is 22.3. The Kier molecular flexibility index (Phi) is 4.93. The van der Waals surface area contributed by atoms with E-state index in [-0.39, 0.29) is 10.8 Å². The number of benzene rings is 3. The van der Waals surface area contributed by atoms with Gasteiger partial charge in [-0.05, 0) is 48.4 Å². The summed E-state index contributed by atoms with van der Waals surface area (Å²) in [6.45, 7) is 0.772. The number of para-hydroxylation sites is 1. The maximum absolute atomic E-state index is 13.0. The summed E-state index contributed by atoms with van der Waals surface area (Å²) < 4.78 is 34.4. The number of furan rings is 1. The summed E-state index contributed by atoms with van der Waals surface area (Å²) in [5.41, 5.74) is 2.65. The molecule has 1 atom stereocenters. The van der Waals surface area contributed by atoms with Gasteiger partial charge in [0.05, 0.1) is 16.5 Å². The summed E-state index contributed by atoms with van der Waals surface area (Å²) in [6, 6.07) is 20.4. The Morgan fingerprint density at radius 3 is 2.69 bits per heavy atom. The van der Waals surface area contributed by atoms with Gasteiger partial charge < -0.3 is 9.32 Å². The number of amides is 1. The molecular weight excluding hydrogens is 426 g/mol. The molecule has 0 spiro atoms. The van der Waals surface area contributed by atoms with Crippen molar-refractivity contribution >= 4 is 37.9 Å². The van der Waals surface area contributed by atoms with Crippen molar-refractivity contribution in [2.75, 3.05) is 6.54 Å². The Morgan fingerprint density at radius 1 is 1.03 bits per heavy atom. The fraction of sp³-hybridized carbons (Fsp3) is 0.167. The minimum absolute atomic E-state index is 0.0875. The highest BCUT2D eigenvalue weighted by atomic mass is 32.2. The molecule has 0 saturated carbocycles. The van der Waals surface area contributed by atoms with Crippen molar-refractivity contribution in [3.05, 3.63) is 77.9 Å². The van der Waals surface area contributed by atoms with E-state index in [1.165, 1.54) is 6.07 Å². The van der Waals surface area contributed by atoms with Crippen LogP contribution in [0, 0.1) is 11.3 Å². The number of nitrogens with one attached hydrogen (secondary N) is 1. The number of rotatable bonds is 5. The van der Waals surface area contributed by atoms with Gasteiger partial charge in [0.25, 0.3) is 0 Å². The first-order chi connectivity index (χ1) is 15.4. The Labute approximate surface area is 184 Å². The molecule has 7 nitrogen and oxygen atoms in total. The second-order valence-electron chi connectivity index (χ2n) is 7.79. The third kappa shape index (κ3) is 3.62. The fourth-order valence-electron chi connectivity index (χ4n) is 4.09. The molecule has 0 bridgehead atoms. The highest BCUT2D eigenvalue weighted by molar-refractivity contribution is 7.89. The van der Waals surface area contributed by atoms with E-state index in [1.807, 2.05) is 30.3 Å². The number of carbonyl (C=O) groups excluding carboxylic acids is 1. The van der Waals surface area contributed by atoms with Gasteiger partial charge in [0, 0.05) is 23.9 Å². The molecule has 4 aromatic rings. The summed E-state index contributed by atoms with van der Waals surface area (Å²) in [7, 11) is -3.90. The smallest absolute Gasteiger partial charge is 0.241 e. The lowest BCUT2D eigenvalue weighted by Gasteiger charge is -2.17. The minimum atomic E-state index is -3.90. The number of nitriles is 1. The average molecular weight is 446 g/mol. The molecular formula is C24H19N3O4S. The number of hydrogen-bond acceptors (Lipinski definition) is 5. The van der Waals surface area contributed by atoms with Crippen LogP contribution in [-0.4, -0.2) is 31.8 Å². The van der Waals surface area contributed by atoms with E-state index in [0.29, 0.717) is 41.6 Å². The van der Waals surface area contributed by atoms with Crippen LogP contribution >= 0.6 is 0 Å². The molecule has 160 valence electrons. The van der Waals surface area contributed by atoms with Crippen LogP contribution < -0.4 is 4.72 Å². The molecule has 5 rings (SSSR count). The summed E-state index contributed by atoms with van der Waals surface area (Å²) >= 11 is 0. The molecule has 1 aliphatic rings. The Morgan fingerprint density at radius 2 is 1.84 bits per heavy atom. The van der Waals surface area contributed by atoms with E-state index in [9.17, 15) is 13.2 Å². The van der Waals surface area contributed by atoms with Crippen molar-refractivity contribution in [1.29, 1.82) is 5.26 Å². The van der Waals surface area contributed by atoms with Crippen LogP contribution in [0.25, 0.3) is 21.9 Å². The zero-order valence-corrected chi connectivity index (χ0v) is 17.8. The van der Waals surface area contributed by atoms with Crippen LogP contribution in [0.5, 0.6) is 0 Å². The van der Waals surface area contributed by atoms with E-state index in [2.05, 4.69) is 10.8 Å². The molecule has 1 aromatic heterocycles. The first-order valence-corrected chi connectivity index (χ1v) is 11.6. The average Bonchev–Trinajstić information content (AvgIpc) is 3.34. The van der Waals surface area contributed by atoms with Crippen LogP contribution in [0.4, 0.5) is 0 Å². The molecule has 1 amide bonds. The fourth-order valence-corrected chi connectivity index (χ4v) is 5.34. The van der Waals surface area contributed by atoms with Crippen LogP contribution in [-0.2, 0) is 21.4 Å². The van der Waals surface area contributed by atoms with Gasteiger partial charge >= 0.3 is 0 Å². The predicted octanol–water partition coefficient (Wildman–Crippen LogP) is 3.54. The molecule has 8 heteroatoms. The molecule has 0 aliphatic carbocycles. The van der Waals surface area contributed by atoms with Gasteiger partial charge in [-0.25, -0.2) is 8.42 Å². The standard InChI is InChI=1S/C24H19N3O4S/c25-14-16-4-3-5-17(12-16)15-27-11-10-21(24(27)28)26-32(29,30)18-8-9-23-20(13-18)19-6-1-2-7-22(19)31-23/h1-9,12-13,21,26H,10-11,15H2. The van der Waals surface area contributed by atoms with E-state index >= 15 is 0 Å². The number of sulfonamides is 1. The third-order valence-electron chi connectivity index (χ3n) is 5.68. The second-order valence-corrected chi connectivity index (χ2v) is 9.50. The molecule has 3 aromatic carbocycles. The van der Waals surface area contributed by atoms with Gasteiger partial charge in [-0.15, -0.1) is 0 Å². The van der Waals surface area contributed by atoms with Gasteiger partial charge in [-0.1, -0.05) is 30.3 Å². The van der Waals surface area contributed by atoms with Crippen LogP contribution in [0.3, 0.4) is 0 Å². The van der Waals surface area contributed by atoms with E-state index in [1.54, 1.807) is 35.2 Å². The van der Waals surface area contributed by atoms with Crippen molar-refractivity contribution in [1.82, 2.24) is 9.62 Å². The SMILES string of the molecule is N#Cc1cccc(CN2CCC(NS(=O)(=O)c3ccc4oc5ccccc5c4c3)C2=O)c1. The number of nitrogens with zero attached hydrogens (tertiary/aromatic N) is 2. The summed E-state index contributed by atoms with van der Waals surface area (Å²) in [4.78, 5) is 14.5. The highest BCUT2D eigenvalue weighted by Crippen LogP contribution is 2.30. The van der Waals surface area contributed by atoms with Crippen molar-refractivity contribution in [2.24, 2.45) is 0 Å². The highest BCUT2D eigenvalue weighted by Gasteiger charge is 2.35. The van der Waals surface area contributed by atoms with Gasteiger partial charge in [-0.2, -0.15) is 9.98 Å². The molecule has 32 heavy (non-hydrogen) atoms. The normalized spacial score (nSPS) is 16.7. The maximum atomic E-state index is 13.0. The molecule has 2 heterocycles.